The largest absolute Gasteiger partial charge is 0.487 e. The van der Waals surface area contributed by atoms with Gasteiger partial charge in [0.1, 0.15) is 11.9 Å². The summed E-state index contributed by atoms with van der Waals surface area (Å²) in [6.07, 6.45) is 5.04. The summed E-state index contributed by atoms with van der Waals surface area (Å²) in [5.41, 5.74) is 0.826. The number of aryl methyl sites for hydroxylation is 1. The number of pyridine rings is 1. The average Bonchev–Trinajstić information content (AvgIpc) is 3.19. The molecule has 2 aliphatic heterocycles. The number of aromatic nitrogens is 1. The van der Waals surface area contributed by atoms with E-state index in [2.05, 4.69) is 4.98 Å². The summed E-state index contributed by atoms with van der Waals surface area (Å²) < 4.78 is 37.9. The van der Waals surface area contributed by atoms with E-state index in [0.29, 0.717) is 25.9 Å². The second-order valence-electron chi connectivity index (χ2n) is 6.21. The maximum atomic E-state index is 12.5. The van der Waals surface area contributed by atoms with Gasteiger partial charge in [-0.25, -0.2) is 8.42 Å². The van der Waals surface area contributed by atoms with Crippen molar-refractivity contribution in [3.05, 3.63) is 24.0 Å². The Hall–Kier alpha value is -1.18. The Labute approximate surface area is 137 Å². The quantitative estimate of drug-likeness (QED) is 0.789. The van der Waals surface area contributed by atoms with Gasteiger partial charge in [0.25, 0.3) is 0 Å². The van der Waals surface area contributed by atoms with E-state index < -0.39 is 10.0 Å². The summed E-state index contributed by atoms with van der Waals surface area (Å²) in [5.74, 6) is 0.896. The fraction of sp³-hybridized carbons (Fsp3) is 0.688. The Balaban J connectivity index is 1.53. The molecule has 1 aromatic rings. The fourth-order valence-corrected chi connectivity index (χ4v) is 4.70. The van der Waals surface area contributed by atoms with Crippen LogP contribution in [0.15, 0.2) is 18.3 Å². The SMILES string of the molecule is Cc1ncccc1O[C@@H]1CCN(S(=O)(=O)CC[C@@H]2CCCO2)C1. The highest BCUT2D eigenvalue weighted by Crippen LogP contribution is 2.23. The van der Waals surface area contributed by atoms with Crippen LogP contribution in [0.3, 0.4) is 0 Å². The molecule has 7 heteroatoms. The van der Waals surface area contributed by atoms with Crippen molar-refractivity contribution in [2.45, 2.75) is 44.8 Å². The second kappa shape index (κ2) is 7.15. The Bertz CT molecular complexity index is 629. The molecule has 2 saturated heterocycles. The van der Waals surface area contributed by atoms with Crippen LogP contribution < -0.4 is 4.74 Å². The number of hydrogen-bond acceptors (Lipinski definition) is 5. The van der Waals surface area contributed by atoms with Gasteiger partial charge in [-0.05, 0) is 44.7 Å². The minimum absolute atomic E-state index is 0.101. The van der Waals surface area contributed by atoms with Crippen molar-refractivity contribution in [1.82, 2.24) is 9.29 Å². The highest BCUT2D eigenvalue weighted by Gasteiger charge is 2.33. The molecule has 23 heavy (non-hydrogen) atoms. The van der Waals surface area contributed by atoms with Gasteiger partial charge in [0.15, 0.2) is 0 Å². The molecular weight excluding hydrogens is 316 g/mol. The Morgan fingerprint density at radius 3 is 3.04 bits per heavy atom. The molecule has 128 valence electrons. The standard InChI is InChI=1S/C16H24N2O4S/c1-13-16(5-2-8-17-13)22-15-6-9-18(12-15)23(19,20)11-7-14-4-3-10-21-14/h2,5,8,14-15H,3-4,6-7,9-12H2,1H3/t14-,15+/m0/s1. The molecule has 2 aliphatic rings. The van der Waals surface area contributed by atoms with Crippen molar-refractivity contribution in [2.24, 2.45) is 0 Å². The average molecular weight is 340 g/mol. The molecule has 2 fully saturated rings. The molecular formula is C16H24N2O4S. The molecule has 0 saturated carbocycles. The highest BCUT2D eigenvalue weighted by molar-refractivity contribution is 7.89. The fourth-order valence-electron chi connectivity index (χ4n) is 3.10. The summed E-state index contributed by atoms with van der Waals surface area (Å²) in [6.45, 7) is 3.59. The highest BCUT2D eigenvalue weighted by atomic mass is 32.2. The van der Waals surface area contributed by atoms with Crippen molar-refractivity contribution in [1.29, 1.82) is 0 Å². The van der Waals surface area contributed by atoms with Crippen LogP contribution in [0.25, 0.3) is 0 Å². The first-order valence-electron chi connectivity index (χ1n) is 8.22. The molecule has 0 aliphatic carbocycles. The van der Waals surface area contributed by atoms with E-state index >= 15 is 0 Å². The summed E-state index contributed by atoms with van der Waals surface area (Å²) in [5, 5.41) is 0. The summed E-state index contributed by atoms with van der Waals surface area (Å²) >= 11 is 0. The summed E-state index contributed by atoms with van der Waals surface area (Å²) in [7, 11) is -3.23. The molecule has 1 aromatic heterocycles. The minimum atomic E-state index is -3.23. The smallest absolute Gasteiger partial charge is 0.214 e. The molecule has 3 heterocycles. The zero-order chi connectivity index (χ0) is 16.3. The second-order valence-corrected chi connectivity index (χ2v) is 8.30. The van der Waals surface area contributed by atoms with E-state index in [0.717, 1.165) is 30.9 Å². The van der Waals surface area contributed by atoms with Crippen molar-refractivity contribution in [3.8, 4) is 5.75 Å². The number of rotatable bonds is 6. The van der Waals surface area contributed by atoms with Crippen LogP contribution in [0.4, 0.5) is 0 Å². The monoisotopic (exact) mass is 340 g/mol. The maximum absolute atomic E-state index is 12.5. The van der Waals surface area contributed by atoms with Crippen LogP contribution in [-0.4, -0.2) is 55.4 Å². The lowest BCUT2D eigenvalue weighted by Gasteiger charge is -2.18. The Morgan fingerprint density at radius 1 is 1.43 bits per heavy atom. The van der Waals surface area contributed by atoms with Gasteiger partial charge in [0, 0.05) is 19.3 Å². The van der Waals surface area contributed by atoms with E-state index in [1.807, 2.05) is 19.1 Å². The molecule has 0 spiro atoms. The van der Waals surface area contributed by atoms with E-state index in [9.17, 15) is 8.42 Å². The van der Waals surface area contributed by atoms with Crippen LogP contribution in [0.2, 0.25) is 0 Å². The van der Waals surface area contributed by atoms with Crippen molar-refractivity contribution in [2.75, 3.05) is 25.4 Å². The molecule has 0 bridgehead atoms. The van der Waals surface area contributed by atoms with E-state index in [1.165, 1.54) is 0 Å². The molecule has 2 atom stereocenters. The van der Waals surface area contributed by atoms with Gasteiger partial charge in [-0.3, -0.25) is 4.98 Å². The van der Waals surface area contributed by atoms with Crippen LogP contribution in [0.1, 0.15) is 31.4 Å². The third-order valence-electron chi connectivity index (χ3n) is 4.47. The first kappa shape index (κ1) is 16.7. The lowest BCUT2D eigenvalue weighted by atomic mass is 10.2. The Morgan fingerprint density at radius 2 is 2.30 bits per heavy atom. The molecule has 0 radical (unpaired) electrons. The van der Waals surface area contributed by atoms with Gasteiger partial charge in [-0.1, -0.05) is 0 Å². The zero-order valence-electron chi connectivity index (χ0n) is 13.5. The molecule has 0 aromatic carbocycles. The topological polar surface area (TPSA) is 68.7 Å². The predicted octanol–water partition coefficient (Wildman–Crippen LogP) is 1.74. The molecule has 6 nitrogen and oxygen atoms in total. The van der Waals surface area contributed by atoms with Gasteiger partial charge in [-0.15, -0.1) is 0 Å². The van der Waals surface area contributed by atoms with Gasteiger partial charge >= 0.3 is 0 Å². The van der Waals surface area contributed by atoms with E-state index in [4.69, 9.17) is 9.47 Å². The van der Waals surface area contributed by atoms with Crippen molar-refractivity contribution < 1.29 is 17.9 Å². The normalized spacial score (nSPS) is 25.8. The van der Waals surface area contributed by atoms with E-state index in [1.54, 1.807) is 10.5 Å². The Kier molecular flexibility index (Phi) is 5.18. The third-order valence-corrected chi connectivity index (χ3v) is 6.35. The summed E-state index contributed by atoms with van der Waals surface area (Å²) in [4.78, 5) is 4.19. The van der Waals surface area contributed by atoms with Crippen LogP contribution in [0.5, 0.6) is 5.75 Å². The maximum Gasteiger partial charge on any atom is 0.214 e. The molecule has 0 unspecified atom stereocenters. The number of ether oxygens (including phenoxy) is 2. The molecule has 0 amide bonds. The van der Waals surface area contributed by atoms with Gasteiger partial charge in [0.2, 0.25) is 10.0 Å². The van der Waals surface area contributed by atoms with Gasteiger partial charge < -0.3 is 9.47 Å². The lowest BCUT2D eigenvalue weighted by molar-refractivity contribution is 0.108. The number of hydrogen-bond donors (Lipinski definition) is 0. The molecule has 3 rings (SSSR count). The first-order valence-corrected chi connectivity index (χ1v) is 9.83. The van der Waals surface area contributed by atoms with Gasteiger partial charge in [-0.2, -0.15) is 4.31 Å². The number of sulfonamides is 1. The third kappa shape index (κ3) is 4.22. The predicted molar refractivity (Wildman–Crippen MR) is 87.0 cm³/mol. The van der Waals surface area contributed by atoms with Crippen LogP contribution >= 0.6 is 0 Å². The van der Waals surface area contributed by atoms with Crippen LogP contribution in [-0.2, 0) is 14.8 Å². The minimum Gasteiger partial charge on any atom is -0.487 e. The van der Waals surface area contributed by atoms with Crippen LogP contribution in [0, 0.1) is 6.92 Å². The lowest BCUT2D eigenvalue weighted by Crippen LogP contribution is -2.33. The van der Waals surface area contributed by atoms with E-state index in [-0.39, 0.29) is 18.0 Å². The zero-order valence-corrected chi connectivity index (χ0v) is 14.3. The van der Waals surface area contributed by atoms with Crippen molar-refractivity contribution in [3.63, 3.8) is 0 Å². The summed E-state index contributed by atoms with van der Waals surface area (Å²) in [6, 6.07) is 3.70. The van der Waals surface area contributed by atoms with Gasteiger partial charge in [0.05, 0.1) is 24.1 Å². The van der Waals surface area contributed by atoms with Crippen molar-refractivity contribution >= 4 is 10.0 Å². The molecule has 0 N–H and O–H groups in total. The first-order chi connectivity index (χ1) is 11.0. The number of nitrogens with zero attached hydrogens (tertiary/aromatic N) is 2.